The average Bonchev–Trinajstić information content (AvgIpc) is 2.55. The van der Waals surface area contributed by atoms with Gasteiger partial charge in [0.15, 0.2) is 6.61 Å². The number of hydrogen-bond donors (Lipinski definition) is 2. The molecule has 2 unspecified atom stereocenters. The molecule has 0 aliphatic rings. The summed E-state index contributed by atoms with van der Waals surface area (Å²) in [4.78, 5) is 23.3. The molecule has 0 bridgehead atoms. The van der Waals surface area contributed by atoms with Crippen LogP contribution in [0.4, 0.5) is 0 Å². The van der Waals surface area contributed by atoms with Crippen LogP contribution < -0.4 is 20.5 Å². The minimum absolute atomic E-state index is 0.0218. The highest BCUT2D eigenvalue weighted by atomic mass is 16.5. The lowest BCUT2D eigenvalue weighted by Gasteiger charge is -2.21. The van der Waals surface area contributed by atoms with Crippen LogP contribution in [-0.2, 0) is 9.59 Å². The van der Waals surface area contributed by atoms with Gasteiger partial charge in [0.25, 0.3) is 5.91 Å². The van der Waals surface area contributed by atoms with Crippen molar-refractivity contribution in [3.63, 3.8) is 0 Å². The average molecular weight is 322 g/mol. The number of rotatable bonds is 10. The monoisotopic (exact) mass is 322 g/mol. The van der Waals surface area contributed by atoms with Gasteiger partial charge in [-0.3, -0.25) is 9.59 Å². The number of primary amides is 1. The van der Waals surface area contributed by atoms with Crippen LogP contribution in [-0.4, -0.2) is 31.1 Å². The Morgan fingerprint density at radius 3 is 2.17 bits per heavy atom. The molecule has 1 aromatic carbocycles. The second kappa shape index (κ2) is 9.71. The number of ether oxygens (including phenoxy) is 2. The highest BCUT2D eigenvalue weighted by Crippen LogP contribution is 2.17. The van der Waals surface area contributed by atoms with E-state index < -0.39 is 11.9 Å². The standard InChI is InChI=1S/C17H26N2O4/c1-4-10-22-13-6-8-14(9-7-13)23-11-15(20)19-16(17(18)21)12(3)5-2/h6-9,12,16H,4-5,10-11H2,1-3H3,(H2,18,21)(H,19,20). The number of nitrogens with one attached hydrogen (secondary N) is 1. The molecule has 0 saturated heterocycles. The highest BCUT2D eigenvalue weighted by molar-refractivity contribution is 5.87. The third-order valence-electron chi connectivity index (χ3n) is 3.50. The van der Waals surface area contributed by atoms with Crippen LogP contribution in [0.1, 0.15) is 33.6 Å². The van der Waals surface area contributed by atoms with Gasteiger partial charge in [-0.15, -0.1) is 0 Å². The first kappa shape index (κ1) is 18.8. The number of carbonyl (C=O) groups excluding carboxylic acids is 2. The summed E-state index contributed by atoms with van der Waals surface area (Å²) in [5, 5.41) is 2.61. The molecule has 1 aromatic rings. The topological polar surface area (TPSA) is 90.7 Å². The summed E-state index contributed by atoms with van der Waals surface area (Å²) in [6, 6.07) is 6.36. The zero-order valence-electron chi connectivity index (χ0n) is 14.0. The first-order valence-corrected chi connectivity index (χ1v) is 7.92. The maximum Gasteiger partial charge on any atom is 0.258 e. The molecule has 23 heavy (non-hydrogen) atoms. The molecule has 0 aromatic heterocycles. The molecular weight excluding hydrogens is 296 g/mol. The third kappa shape index (κ3) is 6.59. The number of carbonyl (C=O) groups is 2. The Labute approximate surface area is 137 Å². The van der Waals surface area contributed by atoms with Gasteiger partial charge in [-0.2, -0.15) is 0 Å². The van der Waals surface area contributed by atoms with Gasteiger partial charge in [-0.05, 0) is 36.6 Å². The van der Waals surface area contributed by atoms with Gasteiger partial charge in [0.1, 0.15) is 17.5 Å². The maximum absolute atomic E-state index is 11.9. The second-order valence-electron chi connectivity index (χ2n) is 5.44. The van der Waals surface area contributed by atoms with Crippen molar-refractivity contribution < 1.29 is 19.1 Å². The molecule has 0 radical (unpaired) electrons. The first-order chi connectivity index (χ1) is 11.0. The summed E-state index contributed by atoms with van der Waals surface area (Å²) in [5.74, 6) is 0.384. The molecule has 0 saturated carbocycles. The Hall–Kier alpha value is -2.24. The molecule has 0 heterocycles. The first-order valence-electron chi connectivity index (χ1n) is 7.92. The lowest BCUT2D eigenvalue weighted by Crippen LogP contribution is -2.49. The van der Waals surface area contributed by atoms with Gasteiger partial charge >= 0.3 is 0 Å². The molecule has 1 rings (SSSR count). The Morgan fingerprint density at radius 1 is 1.13 bits per heavy atom. The molecule has 0 aliphatic carbocycles. The SMILES string of the molecule is CCCOc1ccc(OCC(=O)NC(C(N)=O)C(C)CC)cc1. The molecule has 0 aliphatic heterocycles. The van der Waals surface area contributed by atoms with Crippen LogP contribution in [0.2, 0.25) is 0 Å². The smallest absolute Gasteiger partial charge is 0.258 e. The van der Waals surface area contributed by atoms with Crippen LogP contribution in [0, 0.1) is 5.92 Å². The summed E-state index contributed by atoms with van der Waals surface area (Å²) in [7, 11) is 0. The van der Waals surface area contributed by atoms with E-state index in [0.717, 1.165) is 18.6 Å². The normalized spacial score (nSPS) is 13.0. The second-order valence-corrected chi connectivity index (χ2v) is 5.44. The molecule has 0 fully saturated rings. The molecule has 2 atom stereocenters. The highest BCUT2D eigenvalue weighted by Gasteiger charge is 2.23. The van der Waals surface area contributed by atoms with Crippen molar-refractivity contribution in [2.45, 2.75) is 39.7 Å². The van der Waals surface area contributed by atoms with E-state index in [1.807, 2.05) is 20.8 Å². The van der Waals surface area contributed by atoms with Crippen molar-refractivity contribution in [2.75, 3.05) is 13.2 Å². The van der Waals surface area contributed by atoms with Crippen molar-refractivity contribution in [1.82, 2.24) is 5.32 Å². The number of nitrogens with two attached hydrogens (primary N) is 1. The lowest BCUT2D eigenvalue weighted by atomic mass is 9.99. The Balaban J connectivity index is 2.47. The van der Waals surface area contributed by atoms with Crippen molar-refractivity contribution in [2.24, 2.45) is 11.7 Å². The molecule has 0 spiro atoms. The van der Waals surface area contributed by atoms with Gasteiger partial charge in [-0.25, -0.2) is 0 Å². The van der Waals surface area contributed by atoms with Crippen LogP contribution in [0.25, 0.3) is 0 Å². The van der Waals surface area contributed by atoms with Crippen molar-refractivity contribution >= 4 is 11.8 Å². The van der Waals surface area contributed by atoms with E-state index in [0.29, 0.717) is 12.4 Å². The van der Waals surface area contributed by atoms with E-state index in [4.69, 9.17) is 15.2 Å². The van der Waals surface area contributed by atoms with Gasteiger partial charge in [0, 0.05) is 0 Å². The summed E-state index contributed by atoms with van der Waals surface area (Å²) in [5.41, 5.74) is 5.32. The minimum atomic E-state index is -0.680. The largest absolute Gasteiger partial charge is 0.494 e. The molecule has 2 amide bonds. The van der Waals surface area contributed by atoms with Crippen molar-refractivity contribution in [3.05, 3.63) is 24.3 Å². The zero-order valence-corrected chi connectivity index (χ0v) is 14.0. The van der Waals surface area contributed by atoms with E-state index in [2.05, 4.69) is 5.32 Å². The van der Waals surface area contributed by atoms with Crippen molar-refractivity contribution in [1.29, 1.82) is 0 Å². The fourth-order valence-corrected chi connectivity index (χ4v) is 1.95. The number of amides is 2. The van der Waals surface area contributed by atoms with Gasteiger partial charge in [-0.1, -0.05) is 27.2 Å². The van der Waals surface area contributed by atoms with E-state index in [9.17, 15) is 9.59 Å². The Kier molecular flexibility index (Phi) is 7.94. The van der Waals surface area contributed by atoms with Crippen molar-refractivity contribution in [3.8, 4) is 11.5 Å². The number of benzene rings is 1. The van der Waals surface area contributed by atoms with Crippen LogP contribution in [0.3, 0.4) is 0 Å². The van der Waals surface area contributed by atoms with E-state index in [1.165, 1.54) is 0 Å². The van der Waals surface area contributed by atoms with E-state index in [1.54, 1.807) is 24.3 Å². The third-order valence-corrected chi connectivity index (χ3v) is 3.50. The Morgan fingerprint density at radius 2 is 1.70 bits per heavy atom. The van der Waals surface area contributed by atoms with Crippen LogP contribution in [0.5, 0.6) is 11.5 Å². The quantitative estimate of drug-likeness (QED) is 0.688. The fourth-order valence-electron chi connectivity index (χ4n) is 1.95. The van der Waals surface area contributed by atoms with Gasteiger partial charge < -0.3 is 20.5 Å². The minimum Gasteiger partial charge on any atom is -0.494 e. The van der Waals surface area contributed by atoms with Gasteiger partial charge in [0.05, 0.1) is 6.61 Å². The zero-order chi connectivity index (χ0) is 17.2. The molecular formula is C17H26N2O4. The Bertz CT molecular complexity index is 502. The molecule has 6 heteroatoms. The van der Waals surface area contributed by atoms with Crippen LogP contribution in [0.15, 0.2) is 24.3 Å². The van der Waals surface area contributed by atoms with Gasteiger partial charge in [0.2, 0.25) is 5.91 Å². The summed E-state index contributed by atoms with van der Waals surface area (Å²) in [6.07, 6.45) is 1.68. The van der Waals surface area contributed by atoms with Crippen LogP contribution >= 0.6 is 0 Å². The lowest BCUT2D eigenvalue weighted by molar-refractivity contribution is -0.129. The molecule has 6 nitrogen and oxygen atoms in total. The molecule has 128 valence electrons. The predicted molar refractivity (Wildman–Crippen MR) is 88.3 cm³/mol. The fraction of sp³-hybridized carbons (Fsp3) is 0.529. The molecule has 3 N–H and O–H groups in total. The maximum atomic E-state index is 11.9. The summed E-state index contributed by atoms with van der Waals surface area (Å²) < 4.78 is 10.9. The predicted octanol–water partition coefficient (Wildman–Crippen LogP) is 1.87. The number of hydrogen-bond acceptors (Lipinski definition) is 4. The summed E-state index contributed by atoms with van der Waals surface area (Å²) in [6.45, 7) is 6.33. The summed E-state index contributed by atoms with van der Waals surface area (Å²) >= 11 is 0. The van der Waals surface area contributed by atoms with E-state index in [-0.39, 0.29) is 18.4 Å². The van der Waals surface area contributed by atoms with E-state index >= 15 is 0 Å².